The second kappa shape index (κ2) is 7.81. The summed E-state index contributed by atoms with van der Waals surface area (Å²) in [6.07, 6.45) is 1.56. The van der Waals surface area contributed by atoms with E-state index in [1.807, 2.05) is 25.1 Å². The highest BCUT2D eigenvalue weighted by Gasteiger charge is 2.22. The molecule has 1 aromatic heterocycles. The molecule has 2 aromatic rings. The lowest BCUT2D eigenvalue weighted by atomic mass is 10.2. The Hall–Kier alpha value is -2.16. The second-order valence-electron chi connectivity index (χ2n) is 6.01. The van der Waals surface area contributed by atoms with Gasteiger partial charge < -0.3 is 9.73 Å². The van der Waals surface area contributed by atoms with E-state index >= 15 is 0 Å². The number of hydrogen-bond donors (Lipinski definition) is 2. The molecule has 0 saturated heterocycles. The lowest BCUT2D eigenvalue weighted by molar-refractivity contribution is -0.114. The van der Waals surface area contributed by atoms with Gasteiger partial charge in [0, 0.05) is 19.2 Å². The number of aryl methyl sites for hydroxylation is 1. The van der Waals surface area contributed by atoms with Crippen molar-refractivity contribution in [2.24, 2.45) is 0 Å². The van der Waals surface area contributed by atoms with Crippen LogP contribution in [0.15, 0.2) is 45.9 Å². The van der Waals surface area contributed by atoms with E-state index in [4.69, 9.17) is 4.42 Å². The lowest BCUT2D eigenvalue weighted by Crippen LogP contribution is -2.34. The van der Waals surface area contributed by atoms with Gasteiger partial charge in [0.25, 0.3) is 0 Å². The molecule has 2 rings (SSSR count). The number of nitrogens with one attached hydrogen (secondary N) is 2. The minimum absolute atomic E-state index is 0.176. The average molecular weight is 365 g/mol. The van der Waals surface area contributed by atoms with Gasteiger partial charge in [-0.05, 0) is 56.9 Å². The molecule has 25 heavy (non-hydrogen) atoms. The maximum absolute atomic E-state index is 12.6. The van der Waals surface area contributed by atoms with Crippen LogP contribution >= 0.6 is 0 Å². The lowest BCUT2D eigenvalue weighted by Gasteiger charge is -2.22. The molecule has 136 valence electrons. The van der Waals surface area contributed by atoms with Crippen molar-refractivity contribution < 1.29 is 17.6 Å². The number of sulfonamides is 1. The molecule has 1 heterocycles. The van der Waals surface area contributed by atoms with Gasteiger partial charge >= 0.3 is 0 Å². The molecule has 1 atom stereocenters. The number of carbonyl (C=O) groups is 1. The van der Waals surface area contributed by atoms with E-state index in [2.05, 4.69) is 10.0 Å². The standard InChI is InChI=1S/C17H23N3O4S/c1-12-10-14(19-13(2)21)7-8-17(12)25(22,23)18-11-15(20(3)4)16-6-5-9-24-16/h5-10,15,18H,11H2,1-4H3,(H,19,21). The number of nitrogens with zero attached hydrogens (tertiary/aromatic N) is 1. The summed E-state index contributed by atoms with van der Waals surface area (Å²) in [6, 6.07) is 8.05. The number of furan rings is 1. The third kappa shape index (κ3) is 4.91. The topological polar surface area (TPSA) is 91.6 Å². The Morgan fingerprint density at radius 2 is 2.00 bits per heavy atom. The number of amides is 1. The van der Waals surface area contributed by atoms with Gasteiger partial charge in [-0.1, -0.05) is 0 Å². The number of anilines is 1. The Labute approximate surface area is 148 Å². The minimum Gasteiger partial charge on any atom is -0.468 e. The molecule has 0 aliphatic rings. The molecule has 0 bridgehead atoms. The summed E-state index contributed by atoms with van der Waals surface area (Å²) in [4.78, 5) is 13.2. The fourth-order valence-corrected chi connectivity index (χ4v) is 3.78. The van der Waals surface area contributed by atoms with Gasteiger partial charge in [0.05, 0.1) is 17.2 Å². The molecule has 8 heteroatoms. The van der Waals surface area contributed by atoms with Crippen molar-refractivity contribution in [3.63, 3.8) is 0 Å². The zero-order valence-corrected chi connectivity index (χ0v) is 15.6. The summed E-state index contributed by atoms with van der Waals surface area (Å²) < 4.78 is 33.3. The van der Waals surface area contributed by atoms with Crippen molar-refractivity contribution in [1.29, 1.82) is 0 Å². The van der Waals surface area contributed by atoms with E-state index in [1.54, 1.807) is 31.4 Å². The molecular weight excluding hydrogens is 342 g/mol. The summed E-state index contributed by atoms with van der Waals surface area (Å²) >= 11 is 0. The van der Waals surface area contributed by atoms with E-state index in [1.165, 1.54) is 13.0 Å². The van der Waals surface area contributed by atoms with Crippen LogP contribution in [0.5, 0.6) is 0 Å². The fraction of sp³-hybridized carbons (Fsp3) is 0.353. The molecule has 1 aromatic carbocycles. The highest BCUT2D eigenvalue weighted by atomic mass is 32.2. The number of rotatable bonds is 7. The highest BCUT2D eigenvalue weighted by Crippen LogP contribution is 2.22. The van der Waals surface area contributed by atoms with E-state index < -0.39 is 10.0 Å². The van der Waals surface area contributed by atoms with Crippen LogP contribution in [0.1, 0.15) is 24.3 Å². The first-order chi connectivity index (χ1) is 11.7. The van der Waals surface area contributed by atoms with E-state index in [-0.39, 0.29) is 23.4 Å². The predicted molar refractivity (Wildman–Crippen MR) is 95.8 cm³/mol. The van der Waals surface area contributed by atoms with Gasteiger partial charge in [0.2, 0.25) is 15.9 Å². The monoisotopic (exact) mass is 365 g/mol. The van der Waals surface area contributed by atoms with Crippen molar-refractivity contribution in [2.45, 2.75) is 24.8 Å². The normalized spacial score (nSPS) is 13.0. The van der Waals surface area contributed by atoms with Crippen molar-refractivity contribution in [1.82, 2.24) is 9.62 Å². The molecule has 0 aliphatic heterocycles. The Balaban J connectivity index is 2.17. The molecule has 1 unspecified atom stereocenters. The van der Waals surface area contributed by atoms with Crippen LogP contribution in [-0.4, -0.2) is 39.9 Å². The van der Waals surface area contributed by atoms with Crippen LogP contribution in [0.4, 0.5) is 5.69 Å². The molecule has 0 saturated carbocycles. The van der Waals surface area contributed by atoms with Gasteiger partial charge in [-0.2, -0.15) is 0 Å². The van der Waals surface area contributed by atoms with E-state index in [9.17, 15) is 13.2 Å². The predicted octanol–water partition coefficient (Wildman–Crippen LogP) is 2.13. The summed E-state index contributed by atoms with van der Waals surface area (Å²) in [5, 5.41) is 2.63. The molecule has 0 aliphatic carbocycles. The van der Waals surface area contributed by atoms with Gasteiger partial charge in [-0.3, -0.25) is 9.69 Å². The summed E-state index contributed by atoms with van der Waals surface area (Å²) in [6.45, 7) is 3.27. The molecular formula is C17H23N3O4S. The second-order valence-corrected chi connectivity index (χ2v) is 7.74. The Morgan fingerprint density at radius 1 is 1.28 bits per heavy atom. The Kier molecular flexibility index (Phi) is 5.99. The van der Waals surface area contributed by atoms with Gasteiger partial charge in [-0.25, -0.2) is 13.1 Å². The largest absolute Gasteiger partial charge is 0.468 e. The summed E-state index contributed by atoms with van der Waals surface area (Å²) in [5.41, 5.74) is 1.11. The SMILES string of the molecule is CC(=O)Nc1ccc(S(=O)(=O)NCC(c2ccco2)N(C)C)c(C)c1. The van der Waals surface area contributed by atoms with Crippen molar-refractivity contribution in [3.8, 4) is 0 Å². The first kappa shape index (κ1) is 19.2. The Bertz CT molecular complexity index is 830. The summed E-state index contributed by atoms with van der Waals surface area (Å²) in [5.74, 6) is 0.478. The number of benzene rings is 1. The fourth-order valence-electron chi connectivity index (χ4n) is 2.52. The third-order valence-corrected chi connectivity index (χ3v) is 5.33. The molecule has 2 N–H and O–H groups in total. The third-order valence-electron chi connectivity index (χ3n) is 3.75. The van der Waals surface area contributed by atoms with Crippen molar-refractivity contribution >= 4 is 21.6 Å². The number of likely N-dealkylation sites (N-methyl/N-ethyl adjacent to an activating group) is 1. The van der Waals surface area contributed by atoms with E-state index in [0.29, 0.717) is 17.0 Å². The maximum Gasteiger partial charge on any atom is 0.240 e. The van der Waals surface area contributed by atoms with Gasteiger partial charge in [0.1, 0.15) is 5.76 Å². The molecule has 0 fully saturated rings. The van der Waals surface area contributed by atoms with Crippen LogP contribution in [0.2, 0.25) is 0 Å². The minimum atomic E-state index is -3.69. The quantitative estimate of drug-likeness (QED) is 0.784. The summed E-state index contributed by atoms with van der Waals surface area (Å²) in [7, 11) is 0.0253. The Morgan fingerprint density at radius 3 is 2.52 bits per heavy atom. The van der Waals surface area contributed by atoms with Crippen LogP contribution in [0.3, 0.4) is 0 Å². The maximum atomic E-state index is 12.6. The van der Waals surface area contributed by atoms with Crippen molar-refractivity contribution in [2.75, 3.05) is 26.0 Å². The van der Waals surface area contributed by atoms with Crippen LogP contribution in [0.25, 0.3) is 0 Å². The first-order valence-electron chi connectivity index (χ1n) is 7.78. The zero-order chi connectivity index (χ0) is 18.6. The van der Waals surface area contributed by atoms with Crippen LogP contribution in [0, 0.1) is 6.92 Å². The van der Waals surface area contributed by atoms with Crippen molar-refractivity contribution in [3.05, 3.63) is 47.9 Å². The first-order valence-corrected chi connectivity index (χ1v) is 9.27. The average Bonchev–Trinajstić information content (AvgIpc) is 3.00. The van der Waals surface area contributed by atoms with Gasteiger partial charge in [-0.15, -0.1) is 0 Å². The molecule has 0 radical (unpaired) electrons. The van der Waals surface area contributed by atoms with Crippen LogP contribution in [-0.2, 0) is 14.8 Å². The molecule has 1 amide bonds. The zero-order valence-electron chi connectivity index (χ0n) is 14.7. The number of hydrogen-bond acceptors (Lipinski definition) is 5. The molecule has 7 nitrogen and oxygen atoms in total. The number of carbonyl (C=O) groups excluding carboxylic acids is 1. The van der Waals surface area contributed by atoms with E-state index in [0.717, 1.165) is 0 Å². The molecule has 0 spiro atoms. The van der Waals surface area contributed by atoms with Gasteiger partial charge in [0.15, 0.2) is 0 Å². The van der Waals surface area contributed by atoms with Crippen LogP contribution < -0.4 is 10.0 Å². The smallest absolute Gasteiger partial charge is 0.240 e. The highest BCUT2D eigenvalue weighted by molar-refractivity contribution is 7.89.